The first-order valence-corrected chi connectivity index (χ1v) is 10.1. The Morgan fingerprint density at radius 1 is 1.21 bits per heavy atom. The molecule has 0 radical (unpaired) electrons. The summed E-state index contributed by atoms with van der Waals surface area (Å²) in [5, 5.41) is 11.4. The molecule has 11 heteroatoms. The molecule has 1 unspecified atom stereocenters. The van der Waals surface area contributed by atoms with E-state index in [0.717, 1.165) is 12.1 Å². The molecule has 2 aromatic carbocycles. The highest BCUT2D eigenvalue weighted by Crippen LogP contribution is 2.30. The minimum Gasteiger partial charge on any atom is -0.484 e. The zero-order valence-corrected chi connectivity index (χ0v) is 16.0. The Balaban J connectivity index is 1.77. The lowest BCUT2D eigenvalue weighted by Crippen LogP contribution is -2.33. The predicted molar refractivity (Wildman–Crippen MR) is 100 cm³/mol. The number of sulfonamides is 1. The maximum Gasteiger partial charge on any atom is 0.312 e. The van der Waals surface area contributed by atoms with Crippen LogP contribution in [-0.4, -0.2) is 51.8 Å². The van der Waals surface area contributed by atoms with E-state index in [9.17, 15) is 23.3 Å². The van der Waals surface area contributed by atoms with Crippen molar-refractivity contribution < 1.29 is 32.3 Å². The number of carbonyl (C=O) groups excluding carboxylic acids is 1. The summed E-state index contributed by atoms with van der Waals surface area (Å²) in [5.74, 6) is -0.958. The van der Waals surface area contributed by atoms with Gasteiger partial charge in [-0.25, -0.2) is 13.1 Å². The molecule has 0 bridgehead atoms. The molecule has 0 spiro atoms. The van der Waals surface area contributed by atoms with Crippen LogP contribution in [0.4, 0.5) is 5.69 Å². The number of hydrogen-bond donors (Lipinski definition) is 1. The lowest BCUT2D eigenvalue weighted by atomic mass is 10.2. The van der Waals surface area contributed by atoms with E-state index in [1.807, 2.05) is 4.72 Å². The fraction of sp³-hybridized carbons (Fsp3) is 0.278. The number of nitrogens with zero attached hydrogens (tertiary/aromatic N) is 1. The molecule has 1 atom stereocenters. The van der Waals surface area contributed by atoms with Crippen LogP contribution in [-0.2, 0) is 19.5 Å². The number of nitrogens with one attached hydrogen (secondary N) is 1. The summed E-state index contributed by atoms with van der Waals surface area (Å²) >= 11 is 0. The van der Waals surface area contributed by atoms with Crippen LogP contribution in [0.5, 0.6) is 5.75 Å². The SMILES string of the molecule is O=C(NS(=O)(=O)c1ccc(OCC2COCCO2)c([N+](=O)[O-])c1)c1ccccc1. The maximum atomic E-state index is 12.5. The Labute approximate surface area is 166 Å². The van der Waals surface area contributed by atoms with Crippen molar-refractivity contribution in [3.63, 3.8) is 0 Å². The van der Waals surface area contributed by atoms with Crippen LogP contribution >= 0.6 is 0 Å². The summed E-state index contributed by atoms with van der Waals surface area (Å²) in [6, 6.07) is 10.9. The molecule has 1 amide bonds. The molecule has 1 heterocycles. The van der Waals surface area contributed by atoms with E-state index in [2.05, 4.69) is 0 Å². The number of nitro groups is 1. The van der Waals surface area contributed by atoms with E-state index >= 15 is 0 Å². The Morgan fingerprint density at radius 2 is 1.97 bits per heavy atom. The van der Waals surface area contributed by atoms with Gasteiger partial charge in [-0.2, -0.15) is 0 Å². The third kappa shape index (κ3) is 5.28. The molecule has 1 aliphatic rings. The summed E-state index contributed by atoms with van der Waals surface area (Å²) in [5.41, 5.74) is -0.406. The first kappa shape index (κ1) is 20.7. The molecular weight excluding hydrogens is 404 g/mol. The van der Waals surface area contributed by atoms with Crippen LogP contribution in [0.1, 0.15) is 10.4 Å². The second-order valence-corrected chi connectivity index (χ2v) is 7.75. The van der Waals surface area contributed by atoms with Crippen LogP contribution in [0.3, 0.4) is 0 Å². The van der Waals surface area contributed by atoms with Crippen molar-refractivity contribution in [2.24, 2.45) is 0 Å². The van der Waals surface area contributed by atoms with Crippen LogP contribution < -0.4 is 9.46 Å². The zero-order chi connectivity index (χ0) is 20.9. The van der Waals surface area contributed by atoms with Crippen LogP contribution in [0.2, 0.25) is 0 Å². The minimum absolute atomic E-state index is 0.0116. The summed E-state index contributed by atoms with van der Waals surface area (Å²) in [4.78, 5) is 22.3. The third-order valence-corrected chi connectivity index (χ3v) is 5.34. The molecule has 1 fully saturated rings. The van der Waals surface area contributed by atoms with E-state index in [0.29, 0.717) is 19.8 Å². The van der Waals surface area contributed by atoms with Crippen molar-refractivity contribution in [2.75, 3.05) is 26.4 Å². The van der Waals surface area contributed by atoms with Gasteiger partial charge in [0.2, 0.25) is 0 Å². The number of amides is 1. The average molecular weight is 422 g/mol. The molecule has 3 rings (SSSR count). The third-order valence-electron chi connectivity index (χ3n) is 4.01. The van der Waals surface area contributed by atoms with Gasteiger partial charge in [0, 0.05) is 11.6 Å². The van der Waals surface area contributed by atoms with Gasteiger partial charge < -0.3 is 14.2 Å². The number of hydrogen-bond acceptors (Lipinski definition) is 8. The molecule has 1 N–H and O–H groups in total. The number of carbonyl (C=O) groups is 1. The summed E-state index contributed by atoms with van der Waals surface area (Å²) in [7, 11) is -4.32. The van der Waals surface area contributed by atoms with Gasteiger partial charge in [-0.05, 0) is 24.3 Å². The van der Waals surface area contributed by atoms with Crippen LogP contribution in [0.15, 0.2) is 53.4 Å². The molecule has 2 aromatic rings. The first-order valence-electron chi connectivity index (χ1n) is 8.59. The van der Waals surface area contributed by atoms with Gasteiger partial charge in [0.15, 0.2) is 5.75 Å². The van der Waals surface area contributed by atoms with Gasteiger partial charge in [-0.3, -0.25) is 14.9 Å². The highest BCUT2D eigenvalue weighted by Gasteiger charge is 2.25. The lowest BCUT2D eigenvalue weighted by Gasteiger charge is -2.22. The summed E-state index contributed by atoms with van der Waals surface area (Å²) in [6.07, 6.45) is -0.378. The summed E-state index contributed by atoms with van der Waals surface area (Å²) < 4.78 is 42.9. The van der Waals surface area contributed by atoms with Crippen molar-refractivity contribution in [2.45, 2.75) is 11.0 Å². The number of benzene rings is 2. The van der Waals surface area contributed by atoms with Gasteiger partial charge in [0.05, 0.1) is 29.6 Å². The van der Waals surface area contributed by atoms with Gasteiger partial charge >= 0.3 is 5.69 Å². The molecule has 1 aliphatic heterocycles. The van der Waals surface area contributed by atoms with Gasteiger partial charge in [0.1, 0.15) is 12.7 Å². The Hall–Kier alpha value is -3.02. The fourth-order valence-electron chi connectivity index (χ4n) is 2.57. The molecule has 0 aliphatic carbocycles. The van der Waals surface area contributed by atoms with E-state index in [1.54, 1.807) is 18.2 Å². The second-order valence-electron chi connectivity index (χ2n) is 6.07. The van der Waals surface area contributed by atoms with Crippen molar-refractivity contribution >= 4 is 21.6 Å². The standard InChI is InChI=1S/C18H18N2O8S/c21-18(13-4-2-1-3-5-13)19-29(24,25)15-6-7-17(16(10-15)20(22)23)28-12-14-11-26-8-9-27-14/h1-7,10,14H,8-9,11-12H2,(H,19,21). The number of nitro benzene ring substituents is 1. The second kappa shape index (κ2) is 8.99. The normalized spacial score (nSPS) is 16.8. The number of ether oxygens (including phenoxy) is 3. The fourth-order valence-corrected chi connectivity index (χ4v) is 3.57. The largest absolute Gasteiger partial charge is 0.484 e. The molecule has 29 heavy (non-hydrogen) atoms. The maximum absolute atomic E-state index is 12.5. The molecule has 154 valence electrons. The Morgan fingerprint density at radius 3 is 2.62 bits per heavy atom. The monoisotopic (exact) mass is 422 g/mol. The average Bonchev–Trinajstić information content (AvgIpc) is 2.73. The molecule has 10 nitrogen and oxygen atoms in total. The number of rotatable bonds is 7. The van der Waals surface area contributed by atoms with Crippen molar-refractivity contribution in [1.82, 2.24) is 4.72 Å². The van der Waals surface area contributed by atoms with Crippen molar-refractivity contribution in [1.29, 1.82) is 0 Å². The Kier molecular flexibility index (Phi) is 6.42. The molecule has 0 saturated carbocycles. The lowest BCUT2D eigenvalue weighted by molar-refractivity contribution is -0.386. The topological polar surface area (TPSA) is 134 Å². The minimum atomic E-state index is -4.32. The highest BCUT2D eigenvalue weighted by atomic mass is 32.2. The van der Waals surface area contributed by atoms with E-state index in [4.69, 9.17) is 14.2 Å². The van der Waals surface area contributed by atoms with Gasteiger partial charge in [-0.1, -0.05) is 18.2 Å². The van der Waals surface area contributed by atoms with Gasteiger partial charge in [-0.15, -0.1) is 0 Å². The van der Waals surface area contributed by atoms with E-state index in [1.165, 1.54) is 18.2 Å². The Bertz CT molecular complexity index is 988. The quantitative estimate of drug-likeness (QED) is 0.524. The first-order chi connectivity index (χ1) is 13.9. The van der Waals surface area contributed by atoms with E-state index in [-0.39, 0.29) is 24.0 Å². The smallest absolute Gasteiger partial charge is 0.312 e. The predicted octanol–water partition coefficient (Wildman–Crippen LogP) is 1.51. The van der Waals surface area contributed by atoms with Crippen LogP contribution in [0.25, 0.3) is 0 Å². The molecular formula is C18H18N2O8S. The molecule has 1 saturated heterocycles. The van der Waals surface area contributed by atoms with Gasteiger partial charge in [0.25, 0.3) is 15.9 Å². The molecule has 0 aromatic heterocycles. The summed E-state index contributed by atoms with van der Waals surface area (Å²) in [6.45, 7) is 1.18. The highest BCUT2D eigenvalue weighted by molar-refractivity contribution is 7.90. The van der Waals surface area contributed by atoms with Crippen molar-refractivity contribution in [3.05, 3.63) is 64.2 Å². The zero-order valence-electron chi connectivity index (χ0n) is 15.1. The van der Waals surface area contributed by atoms with E-state index < -0.39 is 31.4 Å². The van der Waals surface area contributed by atoms with Crippen LogP contribution in [0, 0.1) is 10.1 Å². The van der Waals surface area contributed by atoms with Crippen molar-refractivity contribution in [3.8, 4) is 5.75 Å².